The van der Waals surface area contributed by atoms with Crippen LogP contribution >= 0.6 is 0 Å². The Morgan fingerprint density at radius 2 is 2.04 bits per heavy atom. The van der Waals surface area contributed by atoms with Gasteiger partial charge in [-0.1, -0.05) is 24.3 Å². The molecule has 1 amide bonds. The lowest BCUT2D eigenvalue weighted by atomic mass is 9.75. The van der Waals surface area contributed by atoms with Crippen molar-refractivity contribution in [1.29, 1.82) is 0 Å². The van der Waals surface area contributed by atoms with Crippen LogP contribution in [0.4, 0.5) is 5.69 Å². The molecular weight excluding hydrogens is 318 g/mol. The Kier molecular flexibility index (Phi) is 3.62. The fourth-order valence-corrected chi connectivity index (χ4v) is 3.87. The van der Waals surface area contributed by atoms with Crippen molar-refractivity contribution in [3.63, 3.8) is 0 Å². The first-order chi connectivity index (χ1) is 12.0. The number of anilines is 1. The molecule has 2 aromatic rings. The van der Waals surface area contributed by atoms with Gasteiger partial charge in [-0.15, -0.1) is 0 Å². The van der Waals surface area contributed by atoms with Crippen molar-refractivity contribution >= 4 is 17.4 Å². The van der Waals surface area contributed by atoms with Crippen LogP contribution < -0.4 is 10.1 Å². The minimum Gasteiger partial charge on any atom is -0.497 e. The second-order valence-corrected chi connectivity index (χ2v) is 6.69. The van der Waals surface area contributed by atoms with Gasteiger partial charge in [0.05, 0.1) is 7.11 Å². The van der Waals surface area contributed by atoms with Crippen molar-refractivity contribution < 1.29 is 19.4 Å². The van der Waals surface area contributed by atoms with E-state index < -0.39 is 17.4 Å². The van der Waals surface area contributed by atoms with E-state index in [1.54, 1.807) is 37.4 Å². The van der Waals surface area contributed by atoms with Crippen LogP contribution in [-0.4, -0.2) is 23.9 Å². The first kappa shape index (κ1) is 15.8. The third-order valence-corrected chi connectivity index (χ3v) is 5.25. The normalized spacial score (nSPS) is 24.5. The average molecular weight is 337 g/mol. The second-order valence-electron chi connectivity index (χ2n) is 6.69. The number of fused-ring (bicyclic) bond motifs is 2. The van der Waals surface area contributed by atoms with Gasteiger partial charge in [-0.3, -0.25) is 9.59 Å². The summed E-state index contributed by atoms with van der Waals surface area (Å²) in [5.41, 5.74) is 1.12. The maximum atomic E-state index is 12.9. The van der Waals surface area contributed by atoms with Gasteiger partial charge in [0, 0.05) is 22.7 Å². The van der Waals surface area contributed by atoms with Gasteiger partial charge in [-0.2, -0.15) is 0 Å². The van der Waals surface area contributed by atoms with Crippen molar-refractivity contribution in [1.82, 2.24) is 0 Å². The number of aryl methyl sites for hydroxylation is 1. The van der Waals surface area contributed by atoms with E-state index in [0.717, 1.165) is 12.0 Å². The first-order valence-corrected chi connectivity index (χ1v) is 8.37. The molecule has 5 nitrogen and oxygen atoms in total. The minimum atomic E-state index is -1.66. The Morgan fingerprint density at radius 3 is 2.84 bits per heavy atom. The Balaban J connectivity index is 1.66. The summed E-state index contributed by atoms with van der Waals surface area (Å²) < 4.78 is 5.21. The molecule has 2 N–H and O–H groups in total. The van der Waals surface area contributed by atoms with Gasteiger partial charge >= 0.3 is 0 Å². The van der Waals surface area contributed by atoms with Crippen molar-refractivity contribution in [2.75, 3.05) is 12.4 Å². The number of aliphatic hydroxyl groups is 1. The highest BCUT2D eigenvalue weighted by molar-refractivity contribution is 6.06. The molecule has 0 spiro atoms. The molecule has 0 radical (unpaired) electrons. The van der Waals surface area contributed by atoms with Crippen LogP contribution in [0.5, 0.6) is 5.75 Å². The molecule has 2 aromatic carbocycles. The van der Waals surface area contributed by atoms with E-state index in [1.165, 1.54) is 0 Å². The summed E-state index contributed by atoms with van der Waals surface area (Å²) in [4.78, 5) is 25.3. The number of methoxy groups -OCH3 is 1. The number of ketones is 1. The molecule has 0 fully saturated rings. The molecule has 1 aliphatic carbocycles. The Morgan fingerprint density at radius 1 is 1.24 bits per heavy atom. The first-order valence-electron chi connectivity index (χ1n) is 8.37. The number of amides is 1. The van der Waals surface area contributed by atoms with Crippen LogP contribution in [0.3, 0.4) is 0 Å². The molecule has 0 unspecified atom stereocenters. The number of Topliss-reactive ketones (excluding diaryl/α,β-unsaturated/α-hetero) is 1. The topological polar surface area (TPSA) is 75.6 Å². The molecule has 0 aromatic heterocycles. The van der Waals surface area contributed by atoms with Crippen molar-refractivity contribution in [3.8, 4) is 5.75 Å². The van der Waals surface area contributed by atoms with E-state index in [4.69, 9.17) is 4.74 Å². The fourth-order valence-electron chi connectivity index (χ4n) is 3.87. The van der Waals surface area contributed by atoms with Crippen LogP contribution in [0, 0.1) is 5.92 Å². The van der Waals surface area contributed by atoms with Crippen LogP contribution in [0.15, 0.2) is 42.5 Å². The van der Waals surface area contributed by atoms with Gasteiger partial charge in [0.1, 0.15) is 5.75 Å². The summed E-state index contributed by atoms with van der Waals surface area (Å²) in [5.74, 6) is -0.263. The molecule has 2 aliphatic rings. The van der Waals surface area contributed by atoms with E-state index in [9.17, 15) is 14.7 Å². The summed E-state index contributed by atoms with van der Waals surface area (Å²) in [7, 11) is 1.56. The lowest BCUT2D eigenvalue weighted by Crippen LogP contribution is -2.39. The fraction of sp³-hybridized carbons (Fsp3) is 0.300. The van der Waals surface area contributed by atoms with Gasteiger partial charge < -0.3 is 15.2 Å². The number of carbonyl (C=O) groups is 2. The predicted octanol–water partition coefficient (Wildman–Crippen LogP) is 2.67. The molecule has 128 valence electrons. The maximum absolute atomic E-state index is 12.9. The Labute approximate surface area is 145 Å². The molecule has 4 rings (SSSR count). The highest BCUT2D eigenvalue weighted by atomic mass is 16.5. The van der Waals surface area contributed by atoms with Gasteiger partial charge in [0.15, 0.2) is 11.4 Å². The summed E-state index contributed by atoms with van der Waals surface area (Å²) >= 11 is 0. The van der Waals surface area contributed by atoms with E-state index in [1.807, 2.05) is 12.1 Å². The van der Waals surface area contributed by atoms with E-state index in [-0.39, 0.29) is 12.2 Å². The van der Waals surface area contributed by atoms with E-state index >= 15 is 0 Å². The van der Waals surface area contributed by atoms with Crippen LogP contribution in [0.25, 0.3) is 0 Å². The Bertz CT molecular complexity index is 876. The largest absolute Gasteiger partial charge is 0.497 e. The molecule has 1 aliphatic heterocycles. The van der Waals surface area contributed by atoms with Gasteiger partial charge in [-0.05, 0) is 43.0 Å². The number of benzene rings is 2. The number of rotatable bonds is 3. The third kappa shape index (κ3) is 2.43. The van der Waals surface area contributed by atoms with Crippen molar-refractivity contribution in [2.45, 2.75) is 24.9 Å². The lowest BCUT2D eigenvalue weighted by Gasteiger charge is -2.29. The molecular formula is C20H19NO4. The highest BCUT2D eigenvalue weighted by Crippen LogP contribution is 2.42. The quantitative estimate of drug-likeness (QED) is 0.903. The monoisotopic (exact) mass is 337 g/mol. The summed E-state index contributed by atoms with van der Waals surface area (Å²) in [6, 6.07) is 12.6. The highest BCUT2D eigenvalue weighted by Gasteiger charge is 2.48. The summed E-state index contributed by atoms with van der Waals surface area (Å²) in [6.45, 7) is 0. The van der Waals surface area contributed by atoms with Crippen LogP contribution in [-0.2, 0) is 16.8 Å². The lowest BCUT2D eigenvalue weighted by molar-refractivity contribution is -0.135. The molecule has 2 atom stereocenters. The van der Waals surface area contributed by atoms with Crippen LogP contribution in [0.2, 0.25) is 0 Å². The predicted molar refractivity (Wildman–Crippen MR) is 92.7 cm³/mol. The smallest absolute Gasteiger partial charge is 0.261 e. The molecule has 25 heavy (non-hydrogen) atoms. The molecule has 5 heteroatoms. The van der Waals surface area contributed by atoms with Crippen molar-refractivity contribution in [3.05, 3.63) is 59.2 Å². The number of carbonyl (C=O) groups excluding carboxylic acids is 2. The maximum Gasteiger partial charge on any atom is 0.261 e. The van der Waals surface area contributed by atoms with E-state index in [2.05, 4.69) is 5.32 Å². The number of hydrogen-bond acceptors (Lipinski definition) is 4. The van der Waals surface area contributed by atoms with Crippen molar-refractivity contribution in [2.24, 2.45) is 5.92 Å². The van der Waals surface area contributed by atoms with Gasteiger partial charge in [0.25, 0.3) is 5.91 Å². The Hall–Kier alpha value is -2.66. The number of hydrogen-bond donors (Lipinski definition) is 2. The molecule has 1 heterocycles. The summed E-state index contributed by atoms with van der Waals surface area (Å²) in [5, 5.41) is 13.8. The second kappa shape index (κ2) is 5.70. The standard InChI is InChI=1S/C20H19NO4/c1-25-14-9-8-12-6-7-13(18(22)15(12)10-14)11-20(24)16-4-2-3-5-17(16)21-19(20)23/h2-5,8-10,13,24H,6-7,11H2,1H3,(H,21,23)/t13-,20+/m0/s1. The number of ether oxygens (including phenoxy) is 1. The summed E-state index contributed by atoms with van der Waals surface area (Å²) in [6.07, 6.45) is 1.45. The SMILES string of the molecule is COc1ccc2c(c1)C(=O)[C@H](C[C@]1(O)C(=O)Nc3ccccc31)CC2. The number of nitrogens with one attached hydrogen (secondary N) is 1. The molecule has 0 saturated heterocycles. The zero-order valence-corrected chi connectivity index (χ0v) is 13.9. The van der Waals surface area contributed by atoms with E-state index in [0.29, 0.717) is 29.0 Å². The zero-order chi connectivity index (χ0) is 17.6. The molecule has 0 saturated carbocycles. The molecule has 0 bridgehead atoms. The van der Waals surface area contributed by atoms with Gasteiger partial charge in [0.2, 0.25) is 0 Å². The number of para-hydroxylation sites is 1. The third-order valence-electron chi connectivity index (χ3n) is 5.25. The average Bonchev–Trinajstić information content (AvgIpc) is 2.88. The zero-order valence-electron chi connectivity index (χ0n) is 13.9. The van der Waals surface area contributed by atoms with Gasteiger partial charge in [-0.25, -0.2) is 0 Å². The minimum absolute atomic E-state index is 0.0363. The van der Waals surface area contributed by atoms with Crippen LogP contribution in [0.1, 0.15) is 34.3 Å².